The molecule has 1 atom stereocenters. The molecule has 1 spiro atoms. The number of halogens is 1. The number of aromatic nitrogens is 2. The van der Waals surface area contributed by atoms with E-state index in [1.165, 1.54) is 4.68 Å². The van der Waals surface area contributed by atoms with Crippen molar-refractivity contribution in [2.75, 3.05) is 37.8 Å². The van der Waals surface area contributed by atoms with Gasteiger partial charge in [0.05, 0.1) is 31.6 Å². The average molecular weight is 362 g/mol. The molecule has 6 nitrogen and oxygen atoms in total. The van der Waals surface area contributed by atoms with Crippen molar-refractivity contribution >= 4 is 17.3 Å². The van der Waals surface area contributed by atoms with Gasteiger partial charge in [-0.25, -0.2) is 4.68 Å². The Labute approximate surface area is 150 Å². The fourth-order valence-corrected chi connectivity index (χ4v) is 3.69. The summed E-state index contributed by atoms with van der Waals surface area (Å²) in [6.45, 7) is 3.63. The van der Waals surface area contributed by atoms with Crippen molar-refractivity contribution in [3.63, 3.8) is 0 Å². The molecule has 1 aromatic heterocycles. The molecule has 2 aliphatic rings. The Hall–Kier alpha value is -1.89. The molecule has 4 rings (SSSR count). The van der Waals surface area contributed by atoms with Gasteiger partial charge in [-0.3, -0.25) is 4.79 Å². The Morgan fingerprint density at radius 1 is 1.24 bits per heavy atom. The molecule has 2 aromatic rings. The normalized spacial score (nSPS) is 23.3. The van der Waals surface area contributed by atoms with Crippen LogP contribution in [0.3, 0.4) is 0 Å². The Balaban J connectivity index is 1.59. The van der Waals surface area contributed by atoms with Gasteiger partial charge in [-0.05, 0) is 5.56 Å². The molecule has 0 radical (unpaired) electrons. The Morgan fingerprint density at radius 2 is 2.08 bits per heavy atom. The summed E-state index contributed by atoms with van der Waals surface area (Å²) in [5.74, 6) is 0. The first-order chi connectivity index (χ1) is 12.2. The lowest BCUT2D eigenvalue weighted by Crippen LogP contribution is -2.52. The standard InChI is InChI=1S/C18H20ClN3O3/c19-16-15(21-7-9-25-18(12-21)6-8-24-13-18)10-20-22(17(16)23)11-14-4-2-1-3-5-14/h1-5,10H,6-9,11-13H2. The van der Waals surface area contributed by atoms with Crippen LogP contribution < -0.4 is 10.5 Å². The van der Waals surface area contributed by atoms with Crippen LogP contribution in [0.4, 0.5) is 5.69 Å². The topological polar surface area (TPSA) is 56.6 Å². The maximum Gasteiger partial charge on any atom is 0.287 e. The molecular weight excluding hydrogens is 342 g/mol. The molecule has 0 aliphatic carbocycles. The van der Waals surface area contributed by atoms with Crippen molar-refractivity contribution in [1.82, 2.24) is 9.78 Å². The maximum atomic E-state index is 12.6. The number of rotatable bonds is 3. The fraction of sp³-hybridized carbons (Fsp3) is 0.444. The van der Waals surface area contributed by atoms with E-state index in [0.717, 1.165) is 12.0 Å². The molecule has 3 heterocycles. The van der Waals surface area contributed by atoms with Crippen LogP contribution in [0.25, 0.3) is 0 Å². The summed E-state index contributed by atoms with van der Waals surface area (Å²) in [4.78, 5) is 14.7. The molecule has 7 heteroatoms. The van der Waals surface area contributed by atoms with Gasteiger partial charge in [0, 0.05) is 26.1 Å². The fourth-order valence-electron chi connectivity index (χ4n) is 3.42. The third kappa shape index (κ3) is 3.29. The second-order valence-electron chi connectivity index (χ2n) is 6.55. The van der Waals surface area contributed by atoms with Gasteiger partial charge in [0.2, 0.25) is 0 Å². The summed E-state index contributed by atoms with van der Waals surface area (Å²) in [6.07, 6.45) is 2.54. The van der Waals surface area contributed by atoms with Crippen LogP contribution >= 0.6 is 11.6 Å². The largest absolute Gasteiger partial charge is 0.378 e. The maximum absolute atomic E-state index is 12.6. The van der Waals surface area contributed by atoms with E-state index in [9.17, 15) is 4.79 Å². The minimum Gasteiger partial charge on any atom is -0.378 e. The zero-order valence-electron chi connectivity index (χ0n) is 13.9. The highest BCUT2D eigenvalue weighted by Crippen LogP contribution is 2.31. The molecule has 1 unspecified atom stereocenters. The monoisotopic (exact) mass is 361 g/mol. The van der Waals surface area contributed by atoms with Crippen LogP contribution in [0.1, 0.15) is 12.0 Å². The molecule has 0 N–H and O–H groups in total. The molecule has 2 saturated heterocycles. The average Bonchev–Trinajstić information content (AvgIpc) is 3.07. The highest BCUT2D eigenvalue weighted by atomic mass is 35.5. The van der Waals surface area contributed by atoms with Crippen molar-refractivity contribution in [1.29, 1.82) is 0 Å². The number of hydrogen-bond acceptors (Lipinski definition) is 5. The van der Waals surface area contributed by atoms with E-state index in [2.05, 4.69) is 10.00 Å². The first-order valence-corrected chi connectivity index (χ1v) is 8.81. The lowest BCUT2D eigenvalue weighted by atomic mass is 10.0. The van der Waals surface area contributed by atoms with Gasteiger partial charge in [-0.1, -0.05) is 41.9 Å². The summed E-state index contributed by atoms with van der Waals surface area (Å²) in [5.41, 5.74) is 1.12. The SMILES string of the molecule is O=c1c(Cl)c(N2CCOC3(CCOC3)C2)cnn1Cc1ccccc1. The van der Waals surface area contributed by atoms with E-state index in [1.807, 2.05) is 30.3 Å². The quantitative estimate of drug-likeness (QED) is 0.836. The summed E-state index contributed by atoms with van der Waals surface area (Å²) < 4.78 is 12.8. The van der Waals surface area contributed by atoms with Gasteiger partial charge in [-0.15, -0.1) is 0 Å². The summed E-state index contributed by atoms with van der Waals surface area (Å²) in [6, 6.07) is 9.74. The second-order valence-corrected chi connectivity index (χ2v) is 6.93. The van der Waals surface area contributed by atoms with Crippen molar-refractivity contribution in [3.05, 3.63) is 57.5 Å². The third-order valence-electron chi connectivity index (χ3n) is 4.80. The number of nitrogens with zero attached hydrogens (tertiary/aromatic N) is 3. The van der Waals surface area contributed by atoms with E-state index < -0.39 is 0 Å². The lowest BCUT2D eigenvalue weighted by molar-refractivity contribution is -0.0579. The molecule has 2 fully saturated rings. The molecule has 132 valence electrons. The Kier molecular flexibility index (Phi) is 4.50. The predicted molar refractivity (Wildman–Crippen MR) is 95.4 cm³/mol. The first-order valence-electron chi connectivity index (χ1n) is 8.43. The number of morpholine rings is 1. The molecule has 0 bridgehead atoms. The number of ether oxygens (including phenoxy) is 2. The van der Waals surface area contributed by atoms with E-state index in [4.69, 9.17) is 21.1 Å². The van der Waals surface area contributed by atoms with Crippen LogP contribution in [0.15, 0.2) is 41.3 Å². The number of anilines is 1. The van der Waals surface area contributed by atoms with Crippen LogP contribution in [0, 0.1) is 0 Å². The predicted octanol–water partition coefficient (Wildman–Crippen LogP) is 1.94. The van der Waals surface area contributed by atoms with Crippen molar-refractivity contribution in [2.45, 2.75) is 18.6 Å². The van der Waals surface area contributed by atoms with Crippen LogP contribution in [0.2, 0.25) is 5.02 Å². The molecule has 1 aromatic carbocycles. The van der Waals surface area contributed by atoms with Gasteiger partial charge in [0.25, 0.3) is 5.56 Å². The highest BCUT2D eigenvalue weighted by molar-refractivity contribution is 6.33. The van der Waals surface area contributed by atoms with Crippen molar-refractivity contribution in [3.8, 4) is 0 Å². The van der Waals surface area contributed by atoms with E-state index in [0.29, 0.717) is 45.1 Å². The van der Waals surface area contributed by atoms with Gasteiger partial charge in [0.1, 0.15) is 10.6 Å². The van der Waals surface area contributed by atoms with Crippen molar-refractivity contribution in [2.24, 2.45) is 0 Å². The number of benzene rings is 1. The molecule has 25 heavy (non-hydrogen) atoms. The first kappa shape index (κ1) is 16.6. The van der Waals surface area contributed by atoms with Gasteiger partial charge in [-0.2, -0.15) is 5.10 Å². The zero-order valence-corrected chi connectivity index (χ0v) is 14.6. The zero-order chi connectivity index (χ0) is 17.3. The van der Waals surface area contributed by atoms with Crippen LogP contribution in [-0.4, -0.2) is 48.3 Å². The summed E-state index contributed by atoms with van der Waals surface area (Å²) >= 11 is 6.41. The smallest absolute Gasteiger partial charge is 0.287 e. The van der Waals surface area contributed by atoms with Crippen LogP contribution in [-0.2, 0) is 16.0 Å². The Bertz CT molecular complexity index is 803. The van der Waals surface area contributed by atoms with Gasteiger partial charge in [0.15, 0.2) is 0 Å². The molecule has 0 saturated carbocycles. The van der Waals surface area contributed by atoms with Crippen molar-refractivity contribution < 1.29 is 9.47 Å². The van der Waals surface area contributed by atoms with Gasteiger partial charge < -0.3 is 14.4 Å². The summed E-state index contributed by atoms with van der Waals surface area (Å²) in [7, 11) is 0. The van der Waals surface area contributed by atoms with E-state index in [-0.39, 0.29) is 16.2 Å². The minimum absolute atomic E-state index is 0.210. The lowest BCUT2D eigenvalue weighted by Gasteiger charge is -2.40. The molecule has 0 amide bonds. The molecular formula is C18H20ClN3O3. The van der Waals surface area contributed by atoms with E-state index in [1.54, 1.807) is 6.20 Å². The third-order valence-corrected chi connectivity index (χ3v) is 5.15. The van der Waals surface area contributed by atoms with Gasteiger partial charge >= 0.3 is 0 Å². The minimum atomic E-state index is -0.291. The van der Waals surface area contributed by atoms with Crippen LogP contribution in [0.5, 0.6) is 0 Å². The van der Waals surface area contributed by atoms with E-state index >= 15 is 0 Å². The Morgan fingerprint density at radius 3 is 2.84 bits per heavy atom. The molecule has 2 aliphatic heterocycles. The highest BCUT2D eigenvalue weighted by Gasteiger charge is 2.41. The second kappa shape index (κ2) is 6.78. The number of hydrogen-bond donors (Lipinski definition) is 0. The summed E-state index contributed by atoms with van der Waals surface area (Å²) in [5, 5.41) is 4.54.